The van der Waals surface area contributed by atoms with Gasteiger partial charge in [-0.05, 0) is 43.1 Å². The van der Waals surface area contributed by atoms with Gasteiger partial charge < -0.3 is 20.1 Å². The molecule has 3 rings (SSSR count). The summed E-state index contributed by atoms with van der Waals surface area (Å²) in [5.74, 6) is 0.389. The van der Waals surface area contributed by atoms with E-state index in [-0.39, 0.29) is 30.1 Å². The molecule has 3 N–H and O–H groups in total. The van der Waals surface area contributed by atoms with Crippen LogP contribution in [0.2, 0.25) is 0 Å². The molecule has 0 spiro atoms. The predicted molar refractivity (Wildman–Crippen MR) is 83.1 cm³/mol. The number of aliphatic hydroxyl groups excluding tert-OH is 3. The molecule has 122 valence electrons. The highest BCUT2D eigenvalue weighted by molar-refractivity contribution is 5.14. The smallest absolute Gasteiger partial charge is 0.155 e. The van der Waals surface area contributed by atoms with Gasteiger partial charge in [-0.2, -0.15) is 0 Å². The predicted octanol–water partition coefficient (Wildman–Crippen LogP) is 1.86. The van der Waals surface area contributed by atoms with Crippen LogP contribution in [0.25, 0.3) is 0 Å². The molecule has 2 fully saturated rings. The molecule has 1 aromatic carbocycles. The molecule has 1 aliphatic heterocycles. The quantitative estimate of drug-likeness (QED) is 0.750. The summed E-state index contributed by atoms with van der Waals surface area (Å²) in [6.07, 6.45) is 3.00. The maximum Gasteiger partial charge on any atom is 0.155 e. The van der Waals surface area contributed by atoms with Crippen LogP contribution >= 0.6 is 0 Å². The first-order chi connectivity index (χ1) is 10.6. The lowest BCUT2D eigenvalue weighted by Crippen LogP contribution is -2.22. The third-order valence-corrected chi connectivity index (χ3v) is 5.24. The van der Waals surface area contributed by atoms with Crippen molar-refractivity contribution in [1.82, 2.24) is 0 Å². The summed E-state index contributed by atoms with van der Waals surface area (Å²) in [7, 11) is 0. The molecule has 0 aromatic heterocycles. The highest BCUT2D eigenvalue weighted by Crippen LogP contribution is 2.44. The van der Waals surface area contributed by atoms with Crippen molar-refractivity contribution in [2.75, 3.05) is 0 Å². The molecule has 0 bridgehead atoms. The Morgan fingerprint density at radius 2 is 1.86 bits per heavy atom. The number of rotatable bonds is 6. The van der Waals surface area contributed by atoms with Crippen molar-refractivity contribution in [1.29, 1.82) is 0 Å². The summed E-state index contributed by atoms with van der Waals surface area (Å²) in [6, 6.07) is 10.2. The largest absolute Gasteiger partial charge is 0.393 e. The van der Waals surface area contributed by atoms with E-state index in [1.54, 1.807) is 0 Å². The van der Waals surface area contributed by atoms with E-state index < -0.39 is 6.29 Å². The van der Waals surface area contributed by atoms with Gasteiger partial charge in [-0.3, -0.25) is 0 Å². The van der Waals surface area contributed by atoms with Gasteiger partial charge in [0.15, 0.2) is 6.29 Å². The van der Waals surface area contributed by atoms with Crippen LogP contribution < -0.4 is 0 Å². The summed E-state index contributed by atoms with van der Waals surface area (Å²) in [5, 5.41) is 29.9. The Morgan fingerprint density at radius 3 is 2.64 bits per heavy atom. The normalized spacial score (nSPS) is 35.5. The van der Waals surface area contributed by atoms with Crippen LogP contribution in [0.4, 0.5) is 0 Å². The lowest BCUT2D eigenvalue weighted by molar-refractivity contribution is -0.0951. The van der Waals surface area contributed by atoms with E-state index in [1.165, 1.54) is 5.56 Å². The summed E-state index contributed by atoms with van der Waals surface area (Å²) >= 11 is 0. The molecule has 1 aliphatic carbocycles. The zero-order chi connectivity index (χ0) is 15.5. The highest BCUT2D eigenvalue weighted by Gasteiger charge is 2.48. The van der Waals surface area contributed by atoms with Crippen molar-refractivity contribution in [2.24, 2.45) is 11.8 Å². The average Bonchev–Trinajstić information content (AvgIpc) is 2.99. The Kier molecular flexibility index (Phi) is 5.14. The number of ether oxygens (including phenoxy) is 1. The van der Waals surface area contributed by atoms with Crippen LogP contribution in [-0.2, 0) is 11.2 Å². The second kappa shape index (κ2) is 7.09. The van der Waals surface area contributed by atoms with Gasteiger partial charge in [-0.15, -0.1) is 0 Å². The Labute approximate surface area is 131 Å². The Morgan fingerprint density at radius 1 is 1.09 bits per heavy atom. The van der Waals surface area contributed by atoms with Gasteiger partial charge in [0.25, 0.3) is 0 Å². The highest BCUT2D eigenvalue weighted by atomic mass is 16.6. The molecule has 6 atom stereocenters. The third-order valence-electron chi connectivity index (χ3n) is 5.24. The van der Waals surface area contributed by atoms with Gasteiger partial charge in [-0.1, -0.05) is 30.3 Å². The maximum absolute atomic E-state index is 10.2. The molecule has 2 aliphatic rings. The molecule has 2 unspecified atom stereocenters. The minimum Gasteiger partial charge on any atom is -0.393 e. The topological polar surface area (TPSA) is 69.9 Å². The van der Waals surface area contributed by atoms with Crippen LogP contribution in [-0.4, -0.2) is 39.9 Å². The molecule has 22 heavy (non-hydrogen) atoms. The van der Waals surface area contributed by atoms with E-state index in [0.717, 1.165) is 19.3 Å². The average molecular weight is 306 g/mol. The summed E-state index contributed by atoms with van der Waals surface area (Å²) < 4.78 is 5.43. The molecule has 1 heterocycles. The fourth-order valence-corrected chi connectivity index (χ4v) is 4.04. The van der Waals surface area contributed by atoms with Crippen molar-refractivity contribution >= 4 is 0 Å². The molecule has 4 nitrogen and oxygen atoms in total. The molecule has 1 saturated carbocycles. The Hall–Kier alpha value is -0.940. The molecule has 1 aromatic rings. The van der Waals surface area contributed by atoms with E-state index >= 15 is 0 Å². The van der Waals surface area contributed by atoms with Crippen molar-refractivity contribution in [3.05, 3.63) is 35.9 Å². The zero-order valence-corrected chi connectivity index (χ0v) is 12.8. The lowest BCUT2D eigenvalue weighted by atomic mass is 9.86. The number of fused-ring (bicyclic) bond motifs is 1. The van der Waals surface area contributed by atoms with E-state index in [1.807, 2.05) is 18.2 Å². The monoisotopic (exact) mass is 306 g/mol. The Balaban J connectivity index is 1.43. The number of hydrogen-bond donors (Lipinski definition) is 3. The maximum atomic E-state index is 10.2. The summed E-state index contributed by atoms with van der Waals surface area (Å²) in [4.78, 5) is 0. The van der Waals surface area contributed by atoms with Gasteiger partial charge >= 0.3 is 0 Å². The summed E-state index contributed by atoms with van der Waals surface area (Å²) in [5.41, 5.74) is 1.25. The molecule has 4 heteroatoms. The van der Waals surface area contributed by atoms with Crippen LogP contribution in [0, 0.1) is 11.8 Å². The summed E-state index contributed by atoms with van der Waals surface area (Å²) in [6.45, 7) is 0. The second-order valence-electron chi connectivity index (χ2n) is 6.75. The number of aryl methyl sites for hydroxylation is 1. The number of aliphatic hydroxyl groups is 3. The first-order valence-electron chi connectivity index (χ1n) is 8.37. The lowest BCUT2D eigenvalue weighted by Gasteiger charge is -2.21. The molecule has 0 radical (unpaired) electrons. The van der Waals surface area contributed by atoms with Crippen molar-refractivity contribution in [2.45, 2.75) is 63.1 Å². The fourth-order valence-electron chi connectivity index (χ4n) is 4.04. The number of benzene rings is 1. The van der Waals surface area contributed by atoms with Crippen LogP contribution in [0.1, 0.15) is 37.7 Å². The Bertz CT molecular complexity index is 463. The second-order valence-corrected chi connectivity index (χ2v) is 6.75. The van der Waals surface area contributed by atoms with Crippen LogP contribution in [0.5, 0.6) is 0 Å². The van der Waals surface area contributed by atoms with E-state index in [4.69, 9.17) is 4.74 Å². The van der Waals surface area contributed by atoms with Crippen LogP contribution in [0.3, 0.4) is 0 Å². The molecular weight excluding hydrogens is 280 g/mol. The number of hydrogen-bond acceptors (Lipinski definition) is 4. The van der Waals surface area contributed by atoms with Crippen molar-refractivity contribution in [3.8, 4) is 0 Å². The molecular formula is C18H26O4. The van der Waals surface area contributed by atoms with Gasteiger partial charge in [-0.25, -0.2) is 0 Å². The first kappa shape index (κ1) is 15.9. The van der Waals surface area contributed by atoms with Crippen LogP contribution in [0.15, 0.2) is 30.3 Å². The van der Waals surface area contributed by atoms with Gasteiger partial charge in [0.1, 0.15) is 0 Å². The minimum atomic E-state index is -0.673. The van der Waals surface area contributed by atoms with Crippen molar-refractivity contribution in [3.63, 3.8) is 0 Å². The van der Waals surface area contributed by atoms with Crippen molar-refractivity contribution < 1.29 is 20.1 Å². The van der Waals surface area contributed by atoms with Gasteiger partial charge in [0.05, 0.1) is 18.3 Å². The van der Waals surface area contributed by atoms with Gasteiger partial charge in [0.2, 0.25) is 0 Å². The van der Waals surface area contributed by atoms with E-state index in [0.29, 0.717) is 19.3 Å². The SMILES string of the molecule is OC(CCc1ccccc1)CC[C@@H]1[C@H]2CC(O)O[C@H]2C[C@H]1O. The van der Waals surface area contributed by atoms with Gasteiger partial charge in [0, 0.05) is 12.8 Å². The third kappa shape index (κ3) is 3.69. The molecule has 1 saturated heterocycles. The molecule has 0 amide bonds. The fraction of sp³-hybridized carbons (Fsp3) is 0.667. The standard InChI is InChI=1S/C18H26O4/c19-13(7-6-12-4-2-1-3-5-12)8-9-14-15-10-18(21)22-17(15)11-16(14)20/h1-5,13-21H,6-11H2/t13?,14-,15-,16-,17+,18?/m1/s1. The van der Waals surface area contributed by atoms with E-state index in [2.05, 4.69) is 12.1 Å². The minimum absolute atomic E-state index is 0.00328. The first-order valence-corrected chi connectivity index (χ1v) is 8.37. The zero-order valence-electron chi connectivity index (χ0n) is 12.8. The van der Waals surface area contributed by atoms with E-state index in [9.17, 15) is 15.3 Å².